The van der Waals surface area contributed by atoms with Gasteiger partial charge in [-0.05, 0) is 30.7 Å². The van der Waals surface area contributed by atoms with E-state index in [0.29, 0.717) is 34.8 Å². The fourth-order valence-electron chi connectivity index (χ4n) is 4.08. The topological polar surface area (TPSA) is 101 Å². The quantitative estimate of drug-likeness (QED) is 0.488. The minimum Gasteiger partial charge on any atom is -0.497 e. The highest BCUT2D eigenvalue weighted by Crippen LogP contribution is 2.39. The van der Waals surface area contributed by atoms with Gasteiger partial charge in [0.1, 0.15) is 16.7 Å². The predicted octanol–water partition coefficient (Wildman–Crippen LogP) is 4.76. The number of pyridine rings is 1. The number of carbonyl (C=O) groups excluding carboxylic acids is 1. The van der Waals surface area contributed by atoms with Crippen molar-refractivity contribution in [1.82, 2.24) is 9.99 Å². The molecule has 3 aromatic rings. The smallest absolute Gasteiger partial charge is 0.303 e. The Balaban J connectivity index is 1.78. The molecule has 1 amide bonds. The molecule has 1 aliphatic rings. The van der Waals surface area contributed by atoms with Crippen LogP contribution in [-0.2, 0) is 9.59 Å². The summed E-state index contributed by atoms with van der Waals surface area (Å²) in [5, 5.41) is 16.2. The lowest BCUT2D eigenvalue weighted by molar-refractivity contribution is -0.141. The normalized spacial score (nSPS) is 15.4. The van der Waals surface area contributed by atoms with Crippen molar-refractivity contribution in [1.29, 1.82) is 0 Å². The highest BCUT2D eigenvalue weighted by molar-refractivity contribution is 6.30. The number of carboxylic acid groups (broad SMARTS) is 1. The zero-order valence-electron chi connectivity index (χ0n) is 19.0. The Hall–Kier alpha value is -3.65. The van der Waals surface area contributed by atoms with E-state index in [2.05, 4.69) is 10.1 Å². The van der Waals surface area contributed by atoms with Crippen LogP contribution in [0.3, 0.4) is 0 Å². The number of ether oxygens (including phenoxy) is 2. The first-order chi connectivity index (χ1) is 16.3. The molecule has 176 valence electrons. The summed E-state index contributed by atoms with van der Waals surface area (Å²) in [6.45, 7) is 1.96. The lowest BCUT2D eigenvalue weighted by Gasteiger charge is -2.23. The summed E-state index contributed by atoms with van der Waals surface area (Å²) in [6.07, 6.45) is -0.109. The van der Waals surface area contributed by atoms with E-state index < -0.39 is 17.9 Å². The van der Waals surface area contributed by atoms with Crippen LogP contribution < -0.4 is 9.47 Å². The van der Waals surface area contributed by atoms with Gasteiger partial charge in [-0.15, -0.1) is 0 Å². The van der Waals surface area contributed by atoms with Crippen LogP contribution in [-0.4, -0.2) is 46.9 Å². The van der Waals surface area contributed by atoms with Crippen molar-refractivity contribution >= 4 is 40.1 Å². The van der Waals surface area contributed by atoms with E-state index in [-0.39, 0.29) is 18.0 Å². The second-order valence-electron chi connectivity index (χ2n) is 7.98. The number of carbonyl (C=O) groups is 2. The zero-order chi connectivity index (χ0) is 24.4. The summed E-state index contributed by atoms with van der Waals surface area (Å²) >= 11 is 6.61. The number of aliphatic carboxylic acids is 1. The molecule has 0 spiro atoms. The number of halogens is 1. The highest BCUT2D eigenvalue weighted by Gasteiger charge is 2.35. The molecule has 9 heteroatoms. The summed E-state index contributed by atoms with van der Waals surface area (Å²) in [4.78, 5) is 28.7. The summed E-state index contributed by atoms with van der Waals surface area (Å²) in [5.41, 5.74) is 3.76. The molecule has 0 saturated carbocycles. The van der Waals surface area contributed by atoms with E-state index in [1.807, 2.05) is 37.3 Å². The molecule has 0 aliphatic carbocycles. The van der Waals surface area contributed by atoms with Crippen molar-refractivity contribution in [3.8, 4) is 11.5 Å². The molecule has 1 aliphatic heterocycles. The average Bonchev–Trinajstić information content (AvgIpc) is 3.27. The molecular formula is C25H24ClN3O5. The molecule has 34 heavy (non-hydrogen) atoms. The third kappa shape index (κ3) is 4.54. The number of aromatic nitrogens is 1. The van der Waals surface area contributed by atoms with Gasteiger partial charge < -0.3 is 14.6 Å². The van der Waals surface area contributed by atoms with Crippen molar-refractivity contribution in [2.75, 3.05) is 14.2 Å². The molecule has 2 aromatic carbocycles. The zero-order valence-corrected chi connectivity index (χ0v) is 19.8. The van der Waals surface area contributed by atoms with E-state index in [9.17, 15) is 9.59 Å². The van der Waals surface area contributed by atoms with E-state index in [1.54, 1.807) is 26.4 Å². The maximum atomic E-state index is 13.0. The van der Waals surface area contributed by atoms with Crippen molar-refractivity contribution in [3.05, 3.63) is 64.3 Å². The molecule has 1 atom stereocenters. The molecule has 1 N–H and O–H groups in total. The van der Waals surface area contributed by atoms with Gasteiger partial charge in [-0.25, -0.2) is 9.99 Å². The SMILES string of the molecule is COc1ccc(C2=NN(C(=O)CCC(=O)O)[C@H](c3cc4cccc(C)c4nc3Cl)C2)c(OC)c1. The molecule has 0 fully saturated rings. The molecule has 1 aromatic heterocycles. The van der Waals surface area contributed by atoms with Crippen LogP contribution in [0.25, 0.3) is 10.9 Å². The van der Waals surface area contributed by atoms with Crippen LogP contribution in [0.1, 0.15) is 42.0 Å². The number of rotatable bonds is 7. The Morgan fingerprint density at radius 1 is 1.15 bits per heavy atom. The second kappa shape index (κ2) is 9.69. The number of para-hydroxylation sites is 1. The third-order valence-electron chi connectivity index (χ3n) is 5.83. The summed E-state index contributed by atoms with van der Waals surface area (Å²) in [7, 11) is 3.12. The number of methoxy groups -OCH3 is 2. The predicted molar refractivity (Wildman–Crippen MR) is 129 cm³/mol. The average molecular weight is 482 g/mol. The minimum absolute atomic E-state index is 0.180. The summed E-state index contributed by atoms with van der Waals surface area (Å²) in [5.74, 6) is -0.279. The molecule has 0 bridgehead atoms. The Kier molecular flexibility index (Phi) is 6.70. The fraction of sp³-hybridized carbons (Fsp3) is 0.280. The number of carboxylic acids is 1. The molecule has 0 radical (unpaired) electrons. The van der Waals surface area contributed by atoms with Gasteiger partial charge in [0.2, 0.25) is 5.91 Å². The summed E-state index contributed by atoms with van der Waals surface area (Å²) in [6, 6.07) is 12.6. The number of hydrazone groups is 1. The Morgan fingerprint density at radius 2 is 1.94 bits per heavy atom. The van der Waals surface area contributed by atoms with Crippen LogP contribution >= 0.6 is 11.6 Å². The standard InChI is InChI=1S/C25H24ClN3O5/c1-14-5-4-6-15-11-18(25(26)27-24(14)15)20-13-19(28-29(20)22(30)9-10-23(31)32)17-8-7-16(33-2)12-21(17)34-3/h4-8,11-12,20H,9-10,13H2,1-3H3,(H,31,32)/t20-/m0/s1. The van der Waals surface area contributed by atoms with Gasteiger partial charge in [0.25, 0.3) is 0 Å². The lowest BCUT2D eigenvalue weighted by Crippen LogP contribution is -2.27. The van der Waals surface area contributed by atoms with Crippen LogP contribution in [0.5, 0.6) is 11.5 Å². The Labute approximate surface area is 201 Å². The number of hydrogen-bond donors (Lipinski definition) is 1. The van der Waals surface area contributed by atoms with Gasteiger partial charge in [0, 0.05) is 35.4 Å². The number of benzene rings is 2. The largest absolute Gasteiger partial charge is 0.497 e. The van der Waals surface area contributed by atoms with Gasteiger partial charge in [0.05, 0.1) is 37.9 Å². The lowest BCUT2D eigenvalue weighted by atomic mass is 9.97. The third-order valence-corrected chi connectivity index (χ3v) is 6.13. The molecule has 0 unspecified atom stereocenters. The van der Waals surface area contributed by atoms with Crippen molar-refractivity contribution in [2.45, 2.75) is 32.2 Å². The van der Waals surface area contributed by atoms with Crippen LogP contribution in [0, 0.1) is 6.92 Å². The van der Waals surface area contributed by atoms with Gasteiger partial charge in [-0.1, -0.05) is 29.8 Å². The highest BCUT2D eigenvalue weighted by atomic mass is 35.5. The summed E-state index contributed by atoms with van der Waals surface area (Å²) < 4.78 is 10.8. The molecule has 2 heterocycles. The Bertz CT molecular complexity index is 1310. The van der Waals surface area contributed by atoms with E-state index >= 15 is 0 Å². The molecule has 0 saturated heterocycles. The van der Waals surface area contributed by atoms with Crippen molar-refractivity contribution in [3.63, 3.8) is 0 Å². The maximum absolute atomic E-state index is 13.0. The van der Waals surface area contributed by atoms with Crippen LogP contribution in [0.2, 0.25) is 5.15 Å². The van der Waals surface area contributed by atoms with Crippen molar-refractivity contribution in [2.24, 2.45) is 5.10 Å². The van der Waals surface area contributed by atoms with Gasteiger partial charge >= 0.3 is 5.97 Å². The second-order valence-corrected chi connectivity index (χ2v) is 8.34. The molecular weight excluding hydrogens is 458 g/mol. The number of hydrogen-bond acceptors (Lipinski definition) is 6. The monoisotopic (exact) mass is 481 g/mol. The molecule has 8 nitrogen and oxygen atoms in total. The van der Waals surface area contributed by atoms with Crippen molar-refractivity contribution < 1.29 is 24.2 Å². The van der Waals surface area contributed by atoms with Crippen LogP contribution in [0.15, 0.2) is 47.6 Å². The van der Waals surface area contributed by atoms with E-state index in [0.717, 1.165) is 16.5 Å². The number of nitrogens with zero attached hydrogens (tertiary/aromatic N) is 3. The number of amides is 1. The number of fused-ring (bicyclic) bond motifs is 1. The first kappa shape index (κ1) is 23.5. The first-order valence-electron chi connectivity index (χ1n) is 10.7. The minimum atomic E-state index is -1.05. The van der Waals surface area contributed by atoms with Gasteiger partial charge in [0.15, 0.2) is 0 Å². The van der Waals surface area contributed by atoms with E-state index in [1.165, 1.54) is 5.01 Å². The first-order valence-corrected chi connectivity index (χ1v) is 11.1. The van der Waals surface area contributed by atoms with Crippen LogP contribution in [0.4, 0.5) is 0 Å². The maximum Gasteiger partial charge on any atom is 0.303 e. The Morgan fingerprint density at radius 3 is 2.65 bits per heavy atom. The molecule has 4 rings (SSSR count). The fourth-order valence-corrected chi connectivity index (χ4v) is 4.35. The van der Waals surface area contributed by atoms with E-state index in [4.69, 9.17) is 26.2 Å². The van der Waals surface area contributed by atoms with Gasteiger partial charge in [-0.3, -0.25) is 9.59 Å². The number of aryl methyl sites for hydroxylation is 1. The van der Waals surface area contributed by atoms with Gasteiger partial charge in [-0.2, -0.15) is 5.10 Å².